The van der Waals surface area contributed by atoms with Crippen LogP contribution in [0.25, 0.3) is 0 Å². The Hall–Kier alpha value is -0.610. The molecule has 0 amide bonds. The first kappa shape index (κ1) is 13.4. The van der Waals surface area contributed by atoms with Gasteiger partial charge in [-0.2, -0.15) is 0 Å². The molecule has 0 aromatic heterocycles. The third-order valence-electron chi connectivity index (χ3n) is 1.73. The molecule has 1 fully saturated rings. The van der Waals surface area contributed by atoms with Crippen LogP contribution in [0.15, 0.2) is 0 Å². The zero-order valence-electron chi connectivity index (χ0n) is 8.52. The summed E-state index contributed by atoms with van der Waals surface area (Å²) in [6.07, 6.45) is 0. The second kappa shape index (κ2) is 5.32. The van der Waals surface area contributed by atoms with Crippen LogP contribution in [-0.2, 0) is 9.53 Å². The average molecular weight is 202 g/mol. The second-order valence-corrected chi connectivity index (χ2v) is 4.24. The van der Waals surface area contributed by atoms with Crippen molar-refractivity contribution in [2.75, 3.05) is 19.6 Å². The lowest BCUT2D eigenvalue weighted by Gasteiger charge is -2.27. The first-order chi connectivity index (χ1) is 5.99. The molecule has 4 heteroatoms. The molecule has 0 bridgehead atoms. The zero-order chi connectivity index (χ0) is 9.90. The normalized spacial score (nSPS) is 22.4. The van der Waals surface area contributed by atoms with Crippen molar-refractivity contribution < 1.29 is 9.53 Å². The Balaban J connectivity index is 0.00000169. The van der Waals surface area contributed by atoms with E-state index in [1.165, 1.54) is 0 Å². The van der Waals surface area contributed by atoms with Gasteiger partial charge in [-0.3, -0.25) is 4.79 Å². The molecule has 1 heterocycles. The van der Waals surface area contributed by atoms with Gasteiger partial charge in [-0.05, 0) is 20.8 Å². The summed E-state index contributed by atoms with van der Waals surface area (Å²) in [4.78, 5) is 11.5. The first-order valence-corrected chi connectivity index (χ1v) is 4.66. The van der Waals surface area contributed by atoms with Gasteiger partial charge < -0.3 is 15.4 Å². The van der Waals surface area contributed by atoms with Crippen LogP contribution in [0.2, 0.25) is 0 Å². The van der Waals surface area contributed by atoms with Crippen molar-refractivity contribution in [2.24, 2.45) is 0 Å². The molecule has 2 N–H and O–H groups in total. The summed E-state index contributed by atoms with van der Waals surface area (Å²) in [5.74, 6) is -0.167. The summed E-state index contributed by atoms with van der Waals surface area (Å²) in [6.45, 7) is 8.03. The number of ether oxygens (including phenoxy) is 1. The minimum atomic E-state index is -0.393. The molecule has 0 aromatic rings. The van der Waals surface area contributed by atoms with E-state index in [2.05, 4.69) is 10.6 Å². The van der Waals surface area contributed by atoms with Crippen molar-refractivity contribution in [1.82, 2.24) is 10.6 Å². The predicted molar refractivity (Wildman–Crippen MR) is 57.2 cm³/mol. The van der Waals surface area contributed by atoms with Crippen LogP contribution in [-0.4, -0.2) is 37.2 Å². The fraction of sp³-hybridized carbons (Fsp3) is 0.900. The zero-order valence-corrected chi connectivity index (χ0v) is 8.52. The van der Waals surface area contributed by atoms with E-state index in [1.54, 1.807) is 0 Å². The summed E-state index contributed by atoms with van der Waals surface area (Å²) in [5, 5.41) is 6.24. The molecule has 84 valence electrons. The number of piperazine rings is 1. The molecule has 0 saturated carbocycles. The van der Waals surface area contributed by atoms with Gasteiger partial charge in [0.15, 0.2) is 0 Å². The highest BCUT2D eigenvalue weighted by Gasteiger charge is 2.25. The highest BCUT2D eigenvalue weighted by atomic mass is 16.6. The van der Waals surface area contributed by atoms with Crippen molar-refractivity contribution in [2.45, 2.75) is 39.8 Å². The van der Waals surface area contributed by atoms with Crippen molar-refractivity contribution in [1.29, 1.82) is 0 Å². The lowest BCUT2D eigenvalue weighted by atomic mass is 10.2. The molecule has 1 saturated heterocycles. The van der Waals surface area contributed by atoms with E-state index in [9.17, 15) is 4.79 Å². The van der Waals surface area contributed by atoms with Crippen LogP contribution in [0.1, 0.15) is 28.2 Å². The number of carbonyl (C=O) groups excluding carboxylic acids is 1. The van der Waals surface area contributed by atoms with Gasteiger partial charge in [0.1, 0.15) is 11.6 Å². The molecule has 0 aromatic carbocycles. The SMILES string of the molecule is C.CC(C)(C)OC(=O)C1CNCCN1. The van der Waals surface area contributed by atoms with E-state index in [1.807, 2.05) is 20.8 Å². The van der Waals surface area contributed by atoms with E-state index in [0.717, 1.165) is 13.1 Å². The Labute approximate surface area is 86.4 Å². The highest BCUT2D eigenvalue weighted by molar-refractivity contribution is 5.76. The maximum absolute atomic E-state index is 11.5. The first-order valence-electron chi connectivity index (χ1n) is 4.66. The fourth-order valence-corrected chi connectivity index (χ4v) is 1.19. The third-order valence-corrected chi connectivity index (χ3v) is 1.73. The lowest BCUT2D eigenvalue weighted by Crippen LogP contribution is -2.53. The standard InChI is InChI=1S/C9H18N2O2.CH4/c1-9(2,3)13-8(12)7-6-10-4-5-11-7;/h7,10-11H,4-6H2,1-3H3;1H4. The van der Waals surface area contributed by atoms with Crippen LogP contribution >= 0.6 is 0 Å². The van der Waals surface area contributed by atoms with E-state index < -0.39 is 5.60 Å². The lowest BCUT2D eigenvalue weighted by molar-refractivity contribution is -0.157. The van der Waals surface area contributed by atoms with Gasteiger partial charge in [0.05, 0.1) is 0 Å². The van der Waals surface area contributed by atoms with E-state index in [4.69, 9.17) is 4.74 Å². The minimum Gasteiger partial charge on any atom is -0.459 e. The Bertz CT molecular complexity index is 181. The van der Waals surface area contributed by atoms with Gasteiger partial charge in [0.25, 0.3) is 0 Å². The van der Waals surface area contributed by atoms with E-state index >= 15 is 0 Å². The highest BCUT2D eigenvalue weighted by Crippen LogP contribution is 2.08. The summed E-state index contributed by atoms with van der Waals surface area (Å²) in [5.41, 5.74) is -0.393. The molecule has 1 rings (SSSR count). The predicted octanol–water partition coefficient (Wildman–Crippen LogP) is 0.526. The van der Waals surface area contributed by atoms with Gasteiger partial charge >= 0.3 is 5.97 Å². The van der Waals surface area contributed by atoms with E-state index in [-0.39, 0.29) is 19.4 Å². The Kier molecular flexibility index (Phi) is 5.08. The number of hydrogen-bond acceptors (Lipinski definition) is 4. The molecule has 1 aliphatic rings. The van der Waals surface area contributed by atoms with Crippen LogP contribution in [0, 0.1) is 0 Å². The molecule has 4 nitrogen and oxygen atoms in total. The molecule has 14 heavy (non-hydrogen) atoms. The Morgan fingerprint density at radius 2 is 2.00 bits per heavy atom. The number of esters is 1. The van der Waals surface area contributed by atoms with Crippen molar-refractivity contribution in [3.05, 3.63) is 0 Å². The molecular weight excluding hydrogens is 180 g/mol. The number of carbonyl (C=O) groups is 1. The number of rotatable bonds is 1. The van der Waals surface area contributed by atoms with Crippen molar-refractivity contribution in [3.63, 3.8) is 0 Å². The fourth-order valence-electron chi connectivity index (χ4n) is 1.19. The number of hydrogen-bond donors (Lipinski definition) is 2. The Morgan fingerprint density at radius 1 is 1.36 bits per heavy atom. The quantitative estimate of drug-likeness (QED) is 0.609. The number of nitrogens with one attached hydrogen (secondary N) is 2. The van der Waals surface area contributed by atoms with Crippen LogP contribution < -0.4 is 10.6 Å². The minimum absolute atomic E-state index is 0. The van der Waals surface area contributed by atoms with E-state index in [0.29, 0.717) is 6.54 Å². The average Bonchev–Trinajstić information content (AvgIpc) is 2.03. The van der Waals surface area contributed by atoms with Gasteiger partial charge in [0.2, 0.25) is 0 Å². The third kappa shape index (κ3) is 4.58. The Morgan fingerprint density at radius 3 is 2.43 bits per heavy atom. The van der Waals surface area contributed by atoms with Gasteiger partial charge in [-0.15, -0.1) is 0 Å². The summed E-state index contributed by atoms with van der Waals surface area (Å²) in [6, 6.07) is -0.187. The summed E-state index contributed by atoms with van der Waals surface area (Å²) in [7, 11) is 0. The molecule has 0 spiro atoms. The topological polar surface area (TPSA) is 50.4 Å². The second-order valence-electron chi connectivity index (χ2n) is 4.24. The molecule has 1 atom stereocenters. The van der Waals surface area contributed by atoms with Crippen LogP contribution in [0.4, 0.5) is 0 Å². The van der Waals surface area contributed by atoms with Gasteiger partial charge in [-0.25, -0.2) is 0 Å². The maximum Gasteiger partial charge on any atom is 0.324 e. The largest absolute Gasteiger partial charge is 0.459 e. The van der Waals surface area contributed by atoms with Gasteiger partial charge in [0, 0.05) is 19.6 Å². The molecule has 0 radical (unpaired) electrons. The van der Waals surface area contributed by atoms with Crippen LogP contribution in [0.5, 0.6) is 0 Å². The monoisotopic (exact) mass is 202 g/mol. The molecular formula is C10H22N2O2. The smallest absolute Gasteiger partial charge is 0.324 e. The summed E-state index contributed by atoms with van der Waals surface area (Å²) >= 11 is 0. The summed E-state index contributed by atoms with van der Waals surface area (Å²) < 4.78 is 5.24. The van der Waals surface area contributed by atoms with Crippen molar-refractivity contribution in [3.8, 4) is 0 Å². The van der Waals surface area contributed by atoms with Gasteiger partial charge in [-0.1, -0.05) is 7.43 Å². The molecule has 1 unspecified atom stereocenters. The maximum atomic E-state index is 11.5. The van der Waals surface area contributed by atoms with Crippen LogP contribution in [0.3, 0.4) is 0 Å². The molecule has 1 aliphatic heterocycles. The molecule has 0 aliphatic carbocycles. The van der Waals surface area contributed by atoms with Crippen molar-refractivity contribution >= 4 is 5.97 Å².